The molecule has 1 aliphatic heterocycles. The van der Waals surface area contributed by atoms with Crippen molar-refractivity contribution in [3.63, 3.8) is 0 Å². The smallest absolute Gasteiger partial charge is 0.263 e. The van der Waals surface area contributed by atoms with Gasteiger partial charge >= 0.3 is 0 Å². The molecule has 1 fully saturated rings. The Bertz CT molecular complexity index is 1320. The van der Waals surface area contributed by atoms with Crippen molar-refractivity contribution in [2.75, 3.05) is 37.4 Å². The number of hydrogen-bond acceptors (Lipinski definition) is 4. The number of nitrogens with zero attached hydrogens (tertiary/aromatic N) is 2. The molecule has 4 rings (SSSR count). The average Bonchev–Trinajstić information content (AvgIpc) is 2.86. The van der Waals surface area contributed by atoms with Gasteiger partial charge in [-0.1, -0.05) is 72.3 Å². The Labute approximate surface area is 211 Å². The van der Waals surface area contributed by atoms with Crippen molar-refractivity contribution < 1.29 is 13.2 Å². The number of hydrogen-bond donors (Lipinski definition) is 1. The summed E-state index contributed by atoms with van der Waals surface area (Å²) in [4.78, 5) is 17.1. The van der Waals surface area contributed by atoms with Gasteiger partial charge in [0.15, 0.2) is 0 Å². The van der Waals surface area contributed by atoms with Crippen LogP contribution in [0.1, 0.15) is 21.5 Å². The first-order valence-corrected chi connectivity index (χ1v) is 13.3. The fourth-order valence-corrected chi connectivity index (χ4v) is 5.61. The van der Waals surface area contributed by atoms with E-state index in [1.165, 1.54) is 12.1 Å². The quantitative estimate of drug-likeness (QED) is 0.491. The number of amides is 1. The summed E-state index contributed by atoms with van der Waals surface area (Å²) >= 11 is 6.23. The second-order valence-electron chi connectivity index (χ2n) is 8.47. The minimum atomic E-state index is -3.96. The molecular formula is C27H28ClN3O3S. The SMILES string of the molecule is Cc1ccccc1NS(=O)(=O)c1cc(C(=O)N2CCN(C/C=C/c3ccccc3)CC2)ccc1Cl. The van der Waals surface area contributed by atoms with Crippen LogP contribution in [0.4, 0.5) is 5.69 Å². The third kappa shape index (κ3) is 6.31. The van der Waals surface area contributed by atoms with E-state index in [-0.39, 0.29) is 15.8 Å². The van der Waals surface area contributed by atoms with Gasteiger partial charge in [-0.25, -0.2) is 8.42 Å². The lowest BCUT2D eigenvalue weighted by molar-refractivity contribution is 0.0650. The molecule has 8 heteroatoms. The van der Waals surface area contributed by atoms with Crippen LogP contribution in [0.3, 0.4) is 0 Å². The van der Waals surface area contributed by atoms with Crippen molar-refractivity contribution in [3.05, 3.63) is 101 Å². The van der Waals surface area contributed by atoms with E-state index in [4.69, 9.17) is 11.6 Å². The molecule has 0 bridgehead atoms. The van der Waals surface area contributed by atoms with Crippen molar-refractivity contribution in [1.82, 2.24) is 9.80 Å². The van der Waals surface area contributed by atoms with Crippen LogP contribution in [0.25, 0.3) is 6.08 Å². The van der Waals surface area contributed by atoms with Gasteiger partial charge in [0, 0.05) is 38.3 Å². The fraction of sp³-hybridized carbons (Fsp3) is 0.222. The Hall–Kier alpha value is -3.13. The van der Waals surface area contributed by atoms with E-state index < -0.39 is 10.0 Å². The summed E-state index contributed by atoms with van der Waals surface area (Å²) in [6.45, 7) is 5.27. The molecule has 35 heavy (non-hydrogen) atoms. The fourth-order valence-electron chi connectivity index (χ4n) is 3.95. The number of piperazine rings is 1. The molecule has 1 amide bonds. The molecule has 1 saturated heterocycles. The zero-order chi connectivity index (χ0) is 24.8. The molecule has 0 spiro atoms. The third-order valence-corrected chi connectivity index (χ3v) is 7.84. The molecule has 1 N–H and O–H groups in total. The number of carbonyl (C=O) groups is 1. The molecular weight excluding hydrogens is 482 g/mol. The van der Waals surface area contributed by atoms with Gasteiger partial charge in [-0.05, 0) is 42.3 Å². The largest absolute Gasteiger partial charge is 0.336 e. The third-order valence-electron chi connectivity index (χ3n) is 5.99. The monoisotopic (exact) mass is 509 g/mol. The molecule has 0 unspecified atom stereocenters. The van der Waals surface area contributed by atoms with Gasteiger partial charge in [0.1, 0.15) is 4.90 Å². The van der Waals surface area contributed by atoms with Crippen molar-refractivity contribution in [2.45, 2.75) is 11.8 Å². The van der Waals surface area contributed by atoms with Crippen molar-refractivity contribution in [3.8, 4) is 0 Å². The van der Waals surface area contributed by atoms with Gasteiger partial charge < -0.3 is 4.90 Å². The Morgan fingerprint density at radius 1 is 0.971 bits per heavy atom. The minimum Gasteiger partial charge on any atom is -0.336 e. The standard InChI is InChI=1S/C27H28ClN3O3S/c1-21-8-5-6-12-25(21)29-35(33,34)26-20-23(13-14-24(26)28)27(32)31-18-16-30(17-19-31)15-7-11-22-9-3-2-4-10-22/h2-14,20,29H,15-19H2,1H3/b11-7+. The summed E-state index contributed by atoms with van der Waals surface area (Å²) in [5, 5.41) is 0.0673. The summed E-state index contributed by atoms with van der Waals surface area (Å²) < 4.78 is 28.7. The molecule has 0 aromatic heterocycles. The normalized spacial score (nSPS) is 14.9. The number of rotatable bonds is 7. The van der Waals surface area contributed by atoms with Crippen LogP contribution in [-0.4, -0.2) is 56.8 Å². The molecule has 1 aliphatic rings. The molecule has 0 aliphatic carbocycles. The molecule has 3 aromatic carbocycles. The summed E-state index contributed by atoms with van der Waals surface area (Å²) in [5.74, 6) is -0.200. The number of benzene rings is 3. The van der Waals surface area contributed by atoms with E-state index in [1.807, 2.05) is 37.3 Å². The van der Waals surface area contributed by atoms with Crippen LogP contribution in [0.15, 0.2) is 83.8 Å². The minimum absolute atomic E-state index is 0.0673. The number of nitrogens with one attached hydrogen (secondary N) is 1. The Kier molecular flexibility index (Phi) is 7.90. The molecule has 1 heterocycles. The van der Waals surface area contributed by atoms with Gasteiger partial charge in [-0.3, -0.25) is 14.4 Å². The van der Waals surface area contributed by atoms with Crippen LogP contribution in [-0.2, 0) is 10.0 Å². The maximum atomic E-state index is 13.1. The van der Waals surface area contributed by atoms with Gasteiger partial charge in [-0.15, -0.1) is 0 Å². The van der Waals surface area contributed by atoms with Gasteiger partial charge in [0.2, 0.25) is 0 Å². The lowest BCUT2D eigenvalue weighted by Crippen LogP contribution is -2.48. The number of halogens is 1. The van der Waals surface area contributed by atoms with Crippen LogP contribution in [0, 0.1) is 6.92 Å². The zero-order valence-electron chi connectivity index (χ0n) is 19.5. The topological polar surface area (TPSA) is 69.7 Å². The number of carbonyl (C=O) groups excluding carboxylic acids is 1. The summed E-state index contributed by atoms with van der Waals surface area (Å²) in [7, 11) is -3.96. The lowest BCUT2D eigenvalue weighted by Gasteiger charge is -2.34. The summed E-state index contributed by atoms with van der Waals surface area (Å²) in [6, 6.07) is 21.6. The predicted octanol–water partition coefficient (Wildman–Crippen LogP) is 4.92. The first kappa shape index (κ1) is 25.0. The predicted molar refractivity (Wildman–Crippen MR) is 141 cm³/mol. The number of para-hydroxylation sites is 1. The Morgan fingerprint density at radius 2 is 1.66 bits per heavy atom. The van der Waals surface area contributed by atoms with Gasteiger partial charge in [-0.2, -0.15) is 0 Å². The molecule has 0 atom stereocenters. The van der Waals surface area contributed by atoms with E-state index in [1.54, 1.807) is 23.1 Å². The number of anilines is 1. The first-order valence-electron chi connectivity index (χ1n) is 11.4. The Morgan fingerprint density at radius 3 is 2.37 bits per heavy atom. The highest BCUT2D eigenvalue weighted by Crippen LogP contribution is 2.27. The molecule has 3 aromatic rings. The van der Waals surface area contributed by atoms with Crippen LogP contribution < -0.4 is 4.72 Å². The average molecular weight is 510 g/mol. The maximum absolute atomic E-state index is 13.1. The van der Waals surface area contributed by atoms with Crippen molar-refractivity contribution >= 4 is 39.3 Å². The van der Waals surface area contributed by atoms with E-state index in [9.17, 15) is 13.2 Å². The van der Waals surface area contributed by atoms with Crippen LogP contribution in [0.5, 0.6) is 0 Å². The van der Waals surface area contributed by atoms with Crippen molar-refractivity contribution in [2.24, 2.45) is 0 Å². The highest BCUT2D eigenvalue weighted by molar-refractivity contribution is 7.92. The van der Waals surface area contributed by atoms with E-state index in [2.05, 4.69) is 33.9 Å². The second-order valence-corrected chi connectivity index (χ2v) is 10.5. The lowest BCUT2D eigenvalue weighted by atomic mass is 10.1. The number of aryl methyl sites for hydroxylation is 1. The molecule has 182 valence electrons. The van der Waals surface area contributed by atoms with Crippen LogP contribution >= 0.6 is 11.6 Å². The summed E-state index contributed by atoms with van der Waals surface area (Å²) in [5.41, 5.74) is 2.72. The molecule has 0 radical (unpaired) electrons. The van der Waals surface area contributed by atoms with E-state index in [0.717, 1.165) is 30.8 Å². The van der Waals surface area contributed by atoms with Gasteiger partial charge in [0.05, 0.1) is 10.7 Å². The highest BCUT2D eigenvalue weighted by Gasteiger charge is 2.25. The number of sulfonamides is 1. The Balaban J connectivity index is 1.40. The highest BCUT2D eigenvalue weighted by atomic mass is 35.5. The van der Waals surface area contributed by atoms with Gasteiger partial charge in [0.25, 0.3) is 15.9 Å². The van der Waals surface area contributed by atoms with Crippen LogP contribution in [0.2, 0.25) is 5.02 Å². The summed E-state index contributed by atoms with van der Waals surface area (Å²) in [6.07, 6.45) is 4.22. The molecule has 6 nitrogen and oxygen atoms in total. The van der Waals surface area contributed by atoms with E-state index in [0.29, 0.717) is 24.3 Å². The molecule has 0 saturated carbocycles. The maximum Gasteiger partial charge on any atom is 0.263 e. The zero-order valence-corrected chi connectivity index (χ0v) is 21.1. The second kappa shape index (κ2) is 11.1. The van der Waals surface area contributed by atoms with Crippen molar-refractivity contribution in [1.29, 1.82) is 0 Å². The van der Waals surface area contributed by atoms with E-state index >= 15 is 0 Å². The first-order chi connectivity index (χ1) is 16.8.